The van der Waals surface area contributed by atoms with Gasteiger partial charge in [-0.25, -0.2) is 18.5 Å². The van der Waals surface area contributed by atoms with E-state index in [2.05, 4.69) is 35.7 Å². The second-order valence-electron chi connectivity index (χ2n) is 6.73. The molecule has 0 saturated heterocycles. The number of aromatic nitrogens is 8. The van der Waals surface area contributed by atoms with E-state index in [4.69, 9.17) is 4.74 Å². The Morgan fingerprint density at radius 3 is 2.71 bits per heavy atom. The standard InChI is InChI=1S/C18H20N8O4S/c1-4-6-12-14-15(26(3)23-12)17(27)20-16(19-14)11-9-10(7-8-13(11)30-5-2)31(28,29)18-21-24-25-22-18/h7-9H,4-6H2,1-3H3,(H,19,20,27)(H,21,22,24,25). The predicted octanol–water partition coefficient (Wildman–Crippen LogP) is 1.02. The molecule has 0 atom stereocenters. The Kier molecular flexibility index (Phi) is 5.27. The van der Waals surface area contributed by atoms with Crippen molar-refractivity contribution >= 4 is 20.9 Å². The lowest BCUT2D eigenvalue weighted by atomic mass is 10.1. The lowest BCUT2D eigenvalue weighted by Gasteiger charge is -2.11. The first-order valence-corrected chi connectivity index (χ1v) is 11.1. The van der Waals surface area contributed by atoms with Gasteiger partial charge in [-0.1, -0.05) is 18.4 Å². The fourth-order valence-corrected chi connectivity index (χ4v) is 4.35. The summed E-state index contributed by atoms with van der Waals surface area (Å²) in [4.78, 5) is 20.1. The zero-order valence-corrected chi connectivity index (χ0v) is 17.9. The van der Waals surface area contributed by atoms with Crippen molar-refractivity contribution in [1.29, 1.82) is 0 Å². The molecule has 0 saturated carbocycles. The van der Waals surface area contributed by atoms with Crippen molar-refractivity contribution in [2.24, 2.45) is 7.05 Å². The van der Waals surface area contributed by atoms with Gasteiger partial charge in [-0.05, 0) is 42.0 Å². The molecule has 0 aliphatic carbocycles. The average molecular weight is 444 g/mol. The largest absolute Gasteiger partial charge is 0.493 e. The molecule has 4 rings (SSSR count). The maximum Gasteiger partial charge on any atom is 0.277 e. The minimum Gasteiger partial charge on any atom is -0.493 e. The van der Waals surface area contributed by atoms with Crippen LogP contribution in [0.3, 0.4) is 0 Å². The van der Waals surface area contributed by atoms with Gasteiger partial charge in [0.05, 0.1) is 22.8 Å². The topological polar surface area (TPSA) is 161 Å². The minimum absolute atomic E-state index is 0.0767. The van der Waals surface area contributed by atoms with E-state index >= 15 is 0 Å². The van der Waals surface area contributed by atoms with Crippen LogP contribution in [0.1, 0.15) is 26.0 Å². The molecule has 0 aliphatic heterocycles. The summed E-state index contributed by atoms with van der Waals surface area (Å²) >= 11 is 0. The Hall–Kier alpha value is -3.61. The Balaban J connectivity index is 1.95. The zero-order valence-electron chi connectivity index (χ0n) is 17.1. The van der Waals surface area contributed by atoms with E-state index in [0.717, 1.165) is 6.42 Å². The van der Waals surface area contributed by atoms with Crippen molar-refractivity contribution in [2.45, 2.75) is 36.7 Å². The second kappa shape index (κ2) is 7.91. The average Bonchev–Trinajstić information content (AvgIpc) is 3.38. The molecule has 2 N–H and O–H groups in total. The minimum atomic E-state index is -4.01. The van der Waals surface area contributed by atoms with Gasteiger partial charge >= 0.3 is 0 Å². The molecule has 162 valence electrons. The highest BCUT2D eigenvalue weighted by atomic mass is 32.2. The first-order chi connectivity index (χ1) is 14.9. The first-order valence-electron chi connectivity index (χ1n) is 9.58. The number of nitrogens with zero attached hydrogens (tertiary/aromatic N) is 6. The number of H-pyrrole nitrogens is 2. The zero-order chi connectivity index (χ0) is 22.2. The molecule has 0 amide bonds. The molecule has 13 heteroatoms. The van der Waals surface area contributed by atoms with Crippen molar-refractivity contribution < 1.29 is 13.2 Å². The normalized spacial score (nSPS) is 11.8. The van der Waals surface area contributed by atoms with Crippen LogP contribution in [-0.4, -0.2) is 55.4 Å². The van der Waals surface area contributed by atoms with E-state index in [9.17, 15) is 13.2 Å². The fraction of sp³-hybridized carbons (Fsp3) is 0.333. The van der Waals surface area contributed by atoms with Crippen LogP contribution in [0.15, 0.2) is 33.0 Å². The monoisotopic (exact) mass is 444 g/mol. The Bertz CT molecular complexity index is 1410. The molecular formula is C18H20N8O4S. The number of hydrogen-bond donors (Lipinski definition) is 2. The molecule has 0 spiro atoms. The number of fused-ring (bicyclic) bond motifs is 1. The van der Waals surface area contributed by atoms with E-state index < -0.39 is 15.0 Å². The SMILES string of the molecule is CCCc1nn(C)c2c(=O)[nH]c(-c3cc(S(=O)(=O)c4nnn[nH]4)ccc3OCC)nc12. The van der Waals surface area contributed by atoms with Crippen LogP contribution in [0.4, 0.5) is 0 Å². The van der Waals surface area contributed by atoms with Gasteiger partial charge in [0.15, 0.2) is 5.52 Å². The summed E-state index contributed by atoms with van der Waals surface area (Å²) in [6, 6.07) is 4.27. The Morgan fingerprint density at radius 2 is 2.03 bits per heavy atom. The Labute approximate surface area is 176 Å². The van der Waals surface area contributed by atoms with E-state index in [1.54, 1.807) is 14.0 Å². The van der Waals surface area contributed by atoms with Gasteiger partial charge in [0.25, 0.3) is 10.7 Å². The molecule has 0 unspecified atom stereocenters. The number of ether oxygens (including phenoxy) is 1. The van der Waals surface area contributed by atoms with E-state index in [-0.39, 0.29) is 16.3 Å². The molecule has 12 nitrogen and oxygen atoms in total. The highest BCUT2D eigenvalue weighted by molar-refractivity contribution is 7.91. The molecule has 0 fully saturated rings. The maximum atomic E-state index is 12.8. The summed E-state index contributed by atoms with van der Waals surface area (Å²) in [6.07, 6.45) is 1.48. The molecule has 4 aromatic rings. The summed E-state index contributed by atoms with van der Waals surface area (Å²) < 4.78 is 32.9. The summed E-state index contributed by atoms with van der Waals surface area (Å²) in [7, 11) is -2.32. The lowest BCUT2D eigenvalue weighted by Crippen LogP contribution is -2.13. The predicted molar refractivity (Wildman–Crippen MR) is 109 cm³/mol. The van der Waals surface area contributed by atoms with Crippen molar-refractivity contribution in [2.75, 3.05) is 6.61 Å². The van der Waals surface area contributed by atoms with Gasteiger partial charge in [0.1, 0.15) is 17.1 Å². The van der Waals surface area contributed by atoms with E-state index in [0.29, 0.717) is 41.1 Å². The lowest BCUT2D eigenvalue weighted by molar-refractivity contribution is 0.341. The van der Waals surface area contributed by atoms with Gasteiger partial charge in [-0.15, -0.1) is 0 Å². The number of tetrazole rings is 1. The van der Waals surface area contributed by atoms with Crippen LogP contribution in [-0.2, 0) is 23.3 Å². The maximum absolute atomic E-state index is 12.8. The summed E-state index contributed by atoms with van der Waals surface area (Å²) in [5.74, 6) is 0.555. The van der Waals surface area contributed by atoms with Crippen LogP contribution in [0.5, 0.6) is 5.75 Å². The van der Waals surface area contributed by atoms with Gasteiger partial charge < -0.3 is 9.72 Å². The van der Waals surface area contributed by atoms with Crippen LogP contribution in [0.25, 0.3) is 22.4 Å². The number of aromatic amines is 2. The van der Waals surface area contributed by atoms with Crippen molar-refractivity contribution in [3.05, 3.63) is 34.2 Å². The van der Waals surface area contributed by atoms with Crippen LogP contribution < -0.4 is 10.3 Å². The van der Waals surface area contributed by atoms with Gasteiger partial charge in [-0.2, -0.15) is 5.10 Å². The second-order valence-corrected chi connectivity index (χ2v) is 8.60. The molecule has 3 heterocycles. The first kappa shape index (κ1) is 20.7. The van der Waals surface area contributed by atoms with Gasteiger partial charge in [0.2, 0.25) is 9.84 Å². The number of benzene rings is 1. The van der Waals surface area contributed by atoms with Crippen molar-refractivity contribution in [1.82, 2.24) is 40.4 Å². The van der Waals surface area contributed by atoms with Crippen molar-refractivity contribution in [3.8, 4) is 17.1 Å². The third kappa shape index (κ3) is 3.56. The van der Waals surface area contributed by atoms with Gasteiger partial charge in [0, 0.05) is 7.05 Å². The third-order valence-corrected chi connectivity index (χ3v) is 6.20. The van der Waals surface area contributed by atoms with Crippen LogP contribution in [0, 0.1) is 0 Å². The Morgan fingerprint density at radius 1 is 1.23 bits per heavy atom. The quantitative estimate of drug-likeness (QED) is 0.424. The van der Waals surface area contributed by atoms with Crippen LogP contribution >= 0.6 is 0 Å². The number of sulfone groups is 1. The van der Waals surface area contributed by atoms with Crippen molar-refractivity contribution in [3.63, 3.8) is 0 Å². The summed E-state index contributed by atoms with van der Waals surface area (Å²) in [5.41, 5.74) is 1.45. The highest BCUT2D eigenvalue weighted by Gasteiger charge is 2.25. The molecule has 3 aromatic heterocycles. The summed E-state index contributed by atoms with van der Waals surface area (Å²) in [5, 5.41) is 16.4. The number of nitrogens with one attached hydrogen (secondary N) is 2. The molecule has 0 aliphatic rings. The summed E-state index contributed by atoms with van der Waals surface area (Å²) in [6.45, 7) is 4.15. The smallest absolute Gasteiger partial charge is 0.277 e. The van der Waals surface area contributed by atoms with Crippen LogP contribution in [0.2, 0.25) is 0 Å². The molecular weight excluding hydrogens is 424 g/mol. The number of rotatable bonds is 7. The van der Waals surface area contributed by atoms with Gasteiger partial charge in [-0.3, -0.25) is 9.48 Å². The highest BCUT2D eigenvalue weighted by Crippen LogP contribution is 2.32. The molecule has 1 aromatic carbocycles. The number of hydrogen-bond acceptors (Lipinski definition) is 9. The number of aryl methyl sites for hydroxylation is 2. The molecule has 0 bridgehead atoms. The van der Waals surface area contributed by atoms with E-state index in [1.807, 2.05) is 6.92 Å². The third-order valence-electron chi connectivity index (χ3n) is 4.65. The molecule has 0 radical (unpaired) electrons. The molecule has 31 heavy (non-hydrogen) atoms. The fourth-order valence-electron chi connectivity index (χ4n) is 3.30. The van der Waals surface area contributed by atoms with E-state index in [1.165, 1.54) is 22.9 Å².